The first-order valence-electron chi connectivity index (χ1n) is 5.87. The Hall–Kier alpha value is -2.34. The van der Waals surface area contributed by atoms with Gasteiger partial charge in [0.1, 0.15) is 5.75 Å². The zero-order valence-corrected chi connectivity index (χ0v) is 11.4. The number of nitrogens with one attached hydrogen (secondary N) is 1. The number of hydrogen-bond donors (Lipinski definition) is 1. The second-order valence-corrected chi connectivity index (χ2v) is 6.20. The van der Waals surface area contributed by atoms with Gasteiger partial charge in [0.2, 0.25) is 9.84 Å². The summed E-state index contributed by atoms with van der Waals surface area (Å²) < 4.78 is 30.3. The Morgan fingerprint density at radius 1 is 1.05 bits per heavy atom. The lowest BCUT2D eigenvalue weighted by Crippen LogP contribution is -2.11. The van der Waals surface area contributed by atoms with Crippen molar-refractivity contribution < 1.29 is 17.9 Å². The van der Waals surface area contributed by atoms with Crippen LogP contribution in [0.4, 0.5) is 5.69 Å². The fraction of sp³-hybridized carbons (Fsp3) is 0.0714. The molecule has 1 aliphatic heterocycles. The van der Waals surface area contributed by atoms with Crippen LogP contribution in [0.3, 0.4) is 0 Å². The molecule has 0 aromatic heterocycles. The predicted octanol–water partition coefficient (Wildman–Crippen LogP) is 2.09. The van der Waals surface area contributed by atoms with Gasteiger partial charge in [-0.25, -0.2) is 8.42 Å². The lowest BCUT2D eigenvalue weighted by molar-refractivity contribution is 0.102. The van der Waals surface area contributed by atoms with E-state index >= 15 is 0 Å². The molecule has 0 fully saturated rings. The molecule has 1 N–H and O–H groups in total. The maximum Gasteiger partial charge on any atom is 0.257 e. The van der Waals surface area contributed by atoms with Crippen molar-refractivity contribution in [3.63, 3.8) is 0 Å². The highest BCUT2D eigenvalue weighted by Gasteiger charge is 2.30. The van der Waals surface area contributed by atoms with E-state index in [1.54, 1.807) is 18.2 Å². The van der Waals surface area contributed by atoms with Gasteiger partial charge in [-0.05, 0) is 24.3 Å². The highest BCUT2D eigenvalue weighted by atomic mass is 32.2. The van der Waals surface area contributed by atoms with E-state index < -0.39 is 15.7 Å². The zero-order chi connectivity index (χ0) is 14.3. The van der Waals surface area contributed by atoms with Gasteiger partial charge < -0.3 is 10.1 Å². The number of carbonyl (C=O) groups is 1. The number of rotatable bonds is 1. The third-order valence-corrected chi connectivity index (χ3v) is 5.02. The minimum absolute atomic E-state index is 0.0152. The average molecular weight is 289 g/mol. The quantitative estimate of drug-likeness (QED) is 0.872. The molecule has 2 aromatic carbocycles. The lowest BCUT2D eigenvalue weighted by Gasteiger charge is -2.08. The number of amides is 1. The number of benzene rings is 2. The smallest absolute Gasteiger partial charge is 0.257 e. The maximum atomic E-state index is 12.6. The predicted molar refractivity (Wildman–Crippen MR) is 72.8 cm³/mol. The van der Waals surface area contributed by atoms with Crippen LogP contribution in [0.2, 0.25) is 0 Å². The standard InChI is InChI=1S/C14H11NO4S/c1-19-9-6-7-13-11(8-9)15-14(16)10-4-2-3-5-12(10)20(13,17)18/h2-8H,1H3,(H,15,16). The van der Waals surface area contributed by atoms with E-state index in [1.807, 2.05) is 0 Å². The van der Waals surface area contributed by atoms with Gasteiger partial charge in [0.25, 0.3) is 5.91 Å². The molecule has 3 rings (SSSR count). The Labute approximate surface area is 116 Å². The molecule has 20 heavy (non-hydrogen) atoms. The van der Waals surface area contributed by atoms with Crippen LogP contribution < -0.4 is 10.1 Å². The number of sulfone groups is 1. The first kappa shape index (κ1) is 12.7. The largest absolute Gasteiger partial charge is 0.497 e. The summed E-state index contributed by atoms with van der Waals surface area (Å²) in [7, 11) is -2.26. The van der Waals surface area contributed by atoms with Crippen LogP contribution in [0.5, 0.6) is 5.75 Å². The number of carbonyl (C=O) groups excluding carboxylic acids is 1. The van der Waals surface area contributed by atoms with Gasteiger partial charge in [-0.3, -0.25) is 4.79 Å². The van der Waals surface area contributed by atoms with Gasteiger partial charge in [0.15, 0.2) is 0 Å². The second kappa shape index (κ2) is 4.35. The minimum atomic E-state index is -3.73. The van der Waals surface area contributed by atoms with Crippen LogP contribution in [-0.4, -0.2) is 21.4 Å². The molecule has 1 aliphatic rings. The monoisotopic (exact) mass is 289 g/mol. The summed E-state index contributed by atoms with van der Waals surface area (Å²) in [6.45, 7) is 0. The molecule has 0 aliphatic carbocycles. The summed E-state index contributed by atoms with van der Waals surface area (Å²) in [4.78, 5) is 12.2. The summed E-state index contributed by atoms with van der Waals surface area (Å²) in [5.41, 5.74) is 0.369. The van der Waals surface area contributed by atoms with Gasteiger partial charge in [-0.15, -0.1) is 0 Å². The molecule has 0 unspecified atom stereocenters. The molecule has 0 atom stereocenters. The number of methoxy groups -OCH3 is 1. The van der Waals surface area contributed by atoms with Crippen molar-refractivity contribution in [2.45, 2.75) is 9.79 Å². The van der Waals surface area contributed by atoms with Crippen LogP contribution in [0.15, 0.2) is 52.3 Å². The highest BCUT2D eigenvalue weighted by molar-refractivity contribution is 7.91. The molecular formula is C14H11NO4S. The van der Waals surface area contributed by atoms with E-state index in [-0.39, 0.29) is 21.0 Å². The van der Waals surface area contributed by atoms with Gasteiger partial charge in [-0.1, -0.05) is 12.1 Å². The molecule has 1 amide bonds. The molecule has 1 heterocycles. The Kier molecular flexibility index (Phi) is 2.76. The van der Waals surface area contributed by atoms with Crippen LogP contribution in [0, 0.1) is 0 Å². The van der Waals surface area contributed by atoms with E-state index in [0.29, 0.717) is 5.75 Å². The van der Waals surface area contributed by atoms with Crippen molar-refractivity contribution in [3.05, 3.63) is 48.0 Å². The van der Waals surface area contributed by atoms with Crippen LogP contribution >= 0.6 is 0 Å². The summed E-state index contributed by atoms with van der Waals surface area (Å²) in [5, 5.41) is 2.61. The fourth-order valence-electron chi connectivity index (χ4n) is 2.16. The SMILES string of the molecule is COc1ccc2c(c1)NC(=O)c1ccccc1S2(=O)=O. The van der Waals surface area contributed by atoms with Crippen molar-refractivity contribution in [1.82, 2.24) is 0 Å². The number of hydrogen-bond acceptors (Lipinski definition) is 4. The van der Waals surface area contributed by atoms with Crippen LogP contribution in [0.25, 0.3) is 0 Å². The van der Waals surface area contributed by atoms with Gasteiger partial charge in [0.05, 0.1) is 28.2 Å². The summed E-state index contributed by atoms with van der Waals surface area (Å²) in [5.74, 6) is 0.0291. The first-order valence-corrected chi connectivity index (χ1v) is 7.36. The second-order valence-electron chi connectivity index (χ2n) is 4.32. The molecule has 0 saturated heterocycles. The van der Waals surface area contributed by atoms with E-state index in [1.165, 1.54) is 31.4 Å². The lowest BCUT2D eigenvalue weighted by atomic mass is 10.2. The Balaban J connectivity index is 2.34. The normalized spacial score (nSPS) is 15.6. The van der Waals surface area contributed by atoms with Crippen molar-refractivity contribution in [2.24, 2.45) is 0 Å². The third-order valence-electron chi connectivity index (χ3n) is 3.15. The van der Waals surface area contributed by atoms with Crippen molar-refractivity contribution >= 4 is 21.4 Å². The van der Waals surface area contributed by atoms with E-state index in [0.717, 1.165) is 0 Å². The number of fused-ring (bicyclic) bond motifs is 2. The van der Waals surface area contributed by atoms with Gasteiger partial charge in [-0.2, -0.15) is 0 Å². The van der Waals surface area contributed by atoms with Gasteiger partial charge in [0, 0.05) is 6.07 Å². The fourth-order valence-corrected chi connectivity index (χ4v) is 3.76. The zero-order valence-electron chi connectivity index (χ0n) is 10.6. The van der Waals surface area contributed by atoms with E-state index in [2.05, 4.69) is 5.32 Å². The summed E-state index contributed by atoms with van der Waals surface area (Å²) in [6.07, 6.45) is 0. The Bertz CT molecular complexity index is 812. The molecule has 0 bridgehead atoms. The molecule has 0 spiro atoms. The molecule has 0 radical (unpaired) electrons. The molecule has 0 saturated carbocycles. The summed E-state index contributed by atoms with van der Waals surface area (Å²) >= 11 is 0. The summed E-state index contributed by atoms with van der Waals surface area (Å²) in [6, 6.07) is 10.6. The molecule has 6 heteroatoms. The van der Waals surface area contributed by atoms with E-state index in [4.69, 9.17) is 4.74 Å². The molecular weight excluding hydrogens is 278 g/mol. The van der Waals surface area contributed by atoms with Crippen LogP contribution in [0.1, 0.15) is 10.4 Å². The highest BCUT2D eigenvalue weighted by Crippen LogP contribution is 2.35. The third kappa shape index (κ3) is 1.77. The van der Waals surface area contributed by atoms with Crippen molar-refractivity contribution in [2.75, 3.05) is 12.4 Å². The van der Waals surface area contributed by atoms with E-state index in [9.17, 15) is 13.2 Å². The minimum Gasteiger partial charge on any atom is -0.497 e. The van der Waals surface area contributed by atoms with Crippen LogP contribution in [-0.2, 0) is 9.84 Å². The van der Waals surface area contributed by atoms with Gasteiger partial charge >= 0.3 is 0 Å². The van der Waals surface area contributed by atoms with Crippen molar-refractivity contribution in [1.29, 1.82) is 0 Å². The van der Waals surface area contributed by atoms with Crippen molar-refractivity contribution in [3.8, 4) is 5.75 Å². The average Bonchev–Trinajstić information content (AvgIpc) is 2.54. The Morgan fingerprint density at radius 2 is 1.80 bits per heavy atom. The topological polar surface area (TPSA) is 72.5 Å². The number of anilines is 1. The molecule has 5 nitrogen and oxygen atoms in total. The number of ether oxygens (including phenoxy) is 1. The molecule has 102 valence electrons. The maximum absolute atomic E-state index is 12.6. The Morgan fingerprint density at radius 3 is 2.55 bits per heavy atom. The first-order chi connectivity index (χ1) is 9.54. The molecule has 2 aromatic rings.